The summed E-state index contributed by atoms with van der Waals surface area (Å²) >= 11 is 0. The molecule has 1 aromatic heterocycles. The molecule has 4 nitrogen and oxygen atoms in total. The van der Waals surface area contributed by atoms with Crippen LogP contribution in [-0.2, 0) is 11.3 Å². The highest BCUT2D eigenvalue weighted by Gasteiger charge is 2.20. The lowest BCUT2D eigenvalue weighted by atomic mass is 10.2. The van der Waals surface area contributed by atoms with Gasteiger partial charge in [0, 0.05) is 19.2 Å². The Morgan fingerprint density at radius 1 is 1.53 bits per heavy atom. The molecule has 84 valence electrons. The number of ether oxygens (including phenoxy) is 1. The summed E-state index contributed by atoms with van der Waals surface area (Å²) in [6.07, 6.45) is 1.37. The first kappa shape index (κ1) is 10.5. The van der Waals surface area contributed by atoms with Crippen molar-refractivity contribution in [2.24, 2.45) is 5.73 Å². The van der Waals surface area contributed by atoms with Gasteiger partial charge in [0.15, 0.2) is 5.88 Å². The lowest BCUT2D eigenvalue weighted by Crippen LogP contribution is -2.42. The SMILES string of the molecule is CCC1CN(c2ccc(CN)o2)CCO1. The molecule has 1 aliphatic rings. The molecule has 2 N–H and O–H groups in total. The highest BCUT2D eigenvalue weighted by atomic mass is 16.5. The minimum absolute atomic E-state index is 0.324. The van der Waals surface area contributed by atoms with Gasteiger partial charge in [0.05, 0.1) is 19.3 Å². The molecule has 1 saturated heterocycles. The fraction of sp³-hybridized carbons (Fsp3) is 0.636. The number of hydrogen-bond acceptors (Lipinski definition) is 4. The quantitative estimate of drug-likeness (QED) is 0.818. The molecule has 0 radical (unpaired) electrons. The number of rotatable bonds is 3. The maximum absolute atomic E-state index is 5.61. The molecule has 1 fully saturated rings. The minimum Gasteiger partial charge on any atom is -0.444 e. The monoisotopic (exact) mass is 210 g/mol. The highest BCUT2D eigenvalue weighted by Crippen LogP contribution is 2.21. The first-order valence-electron chi connectivity index (χ1n) is 5.48. The summed E-state index contributed by atoms with van der Waals surface area (Å²) in [5.41, 5.74) is 5.51. The average Bonchev–Trinajstić information content (AvgIpc) is 2.78. The Bertz CT molecular complexity index is 311. The standard InChI is InChI=1S/C11H18N2O2/c1-2-9-8-13(5-6-14-9)11-4-3-10(7-12)15-11/h3-4,9H,2,5-8,12H2,1H3. The number of hydrogen-bond donors (Lipinski definition) is 1. The molecule has 0 aromatic carbocycles. The van der Waals surface area contributed by atoms with Crippen LogP contribution in [0.15, 0.2) is 16.5 Å². The van der Waals surface area contributed by atoms with Gasteiger partial charge in [-0.1, -0.05) is 6.92 Å². The lowest BCUT2D eigenvalue weighted by Gasteiger charge is -2.32. The minimum atomic E-state index is 0.324. The molecular weight excluding hydrogens is 192 g/mol. The van der Waals surface area contributed by atoms with Crippen LogP contribution in [0.3, 0.4) is 0 Å². The van der Waals surface area contributed by atoms with Gasteiger partial charge in [-0.05, 0) is 12.5 Å². The Morgan fingerprint density at radius 3 is 3.07 bits per heavy atom. The summed E-state index contributed by atoms with van der Waals surface area (Å²) in [6, 6.07) is 3.92. The predicted octanol–water partition coefficient (Wildman–Crippen LogP) is 1.35. The van der Waals surface area contributed by atoms with E-state index in [1.807, 2.05) is 12.1 Å². The van der Waals surface area contributed by atoms with Crippen LogP contribution in [0.2, 0.25) is 0 Å². The zero-order valence-corrected chi connectivity index (χ0v) is 9.11. The van der Waals surface area contributed by atoms with Gasteiger partial charge in [-0.25, -0.2) is 0 Å². The summed E-state index contributed by atoms with van der Waals surface area (Å²) < 4.78 is 11.2. The van der Waals surface area contributed by atoms with E-state index in [1.54, 1.807) is 0 Å². The third-order valence-electron chi connectivity index (χ3n) is 2.75. The number of nitrogens with two attached hydrogens (primary N) is 1. The average molecular weight is 210 g/mol. The molecule has 0 saturated carbocycles. The van der Waals surface area contributed by atoms with E-state index in [-0.39, 0.29) is 0 Å². The first-order valence-corrected chi connectivity index (χ1v) is 5.48. The van der Waals surface area contributed by atoms with Gasteiger partial charge >= 0.3 is 0 Å². The van der Waals surface area contributed by atoms with E-state index < -0.39 is 0 Å². The van der Waals surface area contributed by atoms with Gasteiger partial charge in [-0.15, -0.1) is 0 Å². The van der Waals surface area contributed by atoms with Crippen molar-refractivity contribution in [1.82, 2.24) is 0 Å². The van der Waals surface area contributed by atoms with Gasteiger partial charge in [0.25, 0.3) is 0 Å². The molecule has 1 unspecified atom stereocenters. The third-order valence-corrected chi connectivity index (χ3v) is 2.75. The van der Waals surface area contributed by atoms with Crippen molar-refractivity contribution in [2.45, 2.75) is 26.0 Å². The molecular formula is C11H18N2O2. The molecule has 2 rings (SSSR count). The summed E-state index contributed by atoms with van der Waals surface area (Å²) in [5.74, 6) is 1.75. The second-order valence-electron chi connectivity index (χ2n) is 3.79. The van der Waals surface area contributed by atoms with Crippen molar-refractivity contribution in [3.8, 4) is 0 Å². The number of anilines is 1. The van der Waals surface area contributed by atoms with E-state index in [9.17, 15) is 0 Å². The summed E-state index contributed by atoms with van der Waals surface area (Å²) in [4.78, 5) is 2.22. The number of furan rings is 1. The molecule has 0 aliphatic carbocycles. The van der Waals surface area contributed by atoms with E-state index in [4.69, 9.17) is 14.9 Å². The van der Waals surface area contributed by atoms with Crippen LogP contribution in [-0.4, -0.2) is 25.8 Å². The van der Waals surface area contributed by atoms with E-state index in [2.05, 4.69) is 11.8 Å². The molecule has 1 aromatic rings. The predicted molar refractivity (Wildman–Crippen MR) is 58.8 cm³/mol. The topological polar surface area (TPSA) is 51.6 Å². The fourth-order valence-electron chi connectivity index (χ4n) is 1.81. The lowest BCUT2D eigenvalue weighted by molar-refractivity contribution is 0.0370. The molecule has 2 heterocycles. The Labute approximate surface area is 90.0 Å². The van der Waals surface area contributed by atoms with Crippen molar-refractivity contribution in [3.05, 3.63) is 17.9 Å². The second kappa shape index (κ2) is 4.68. The van der Waals surface area contributed by atoms with Crippen LogP contribution in [0.4, 0.5) is 5.88 Å². The smallest absolute Gasteiger partial charge is 0.195 e. The van der Waals surface area contributed by atoms with Crippen LogP contribution in [0.5, 0.6) is 0 Å². The Morgan fingerprint density at radius 2 is 2.40 bits per heavy atom. The van der Waals surface area contributed by atoms with Gasteiger partial charge in [-0.3, -0.25) is 0 Å². The molecule has 1 aliphatic heterocycles. The molecule has 1 atom stereocenters. The summed E-state index contributed by atoms with van der Waals surface area (Å²) in [5, 5.41) is 0. The van der Waals surface area contributed by atoms with E-state index in [1.165, 1.54) is 0 Å². The Kier molecular flexibility index (Phi) is 3.28. The summed E-state index contributed by atoms with van der Waals surface area (Å²) in [6.45, 7) is 5.18. The van der Waals surface area contributed by atoms with Crippen LogP contribution < -0.4 is 10.6 Å². The van der Waals surface area contributed by atoms with Gasteiger partial charge in [0.1, 0.15) is 5.76 Å². The zero-order chi connectivity index (χ0) is 10.7. The number of nitrogens with zero attached hydrogens (tertiary/aromatic N) is 1. The zero-order valence-electron chi connectivity index (χ0n) is 9.11. The summed E-state index contributed by atoms with van der Waals surface area (Å²) in [7, 11) is 0. The van der Waals surface area contributed by atoms with Crippen molar-refractivity contribution >= 4 is 5.88 Å². The Hall–Kier alpha value is -1.00. The molecule has 0 spiro atoms. The molecule has 0 amide bonds. The second-order valence-corrected chi connectivity index (χ2v) is 3.79. The Balaban J connectivity index is 2.03. The molecule has 15 heavy (non-hydrogen) atoms. The fourth-order valence-corrected chi connectivity index (χ4v) is 1.81. The van der Waals surface area contributed by atoms with Crippen LogP contribution >= 0.6 is 0 Å². The van der Waals surface area contributed by atoms with Gasteiger partial charge in [0.2, 0.25) is 0 Å². The van der Waals surface area contributed by atoms with Crippen molar-refractivity contribution in [3.63, 3.8) is 0 Å². The van der Waals surface area contributed by atoms with Crippen molar-refractivity contribution in [2.75, 3.05) is 24.6 Å². The number of morpholine rings is 1. The maximum Gasteiger partial charge on any atom is 0.195 e. The van der Waals surface area contributed by atoms with E-state index >= 15 is 0 Å². The first-order chi connectivity index (χ1) is 7.33. The highest BCUT2D eigenvalue weighted by molar-refractivity contribution is 5.37. The van der Waals surface area contributed by atoms with Crippen molar-refractivity contribution < 1.29 is 9.15 Å². The van der Waals surface area contributed by atoms with Crippen LogP contribution in [0.1, 0.15) is 19.1 Å². The molecule has 4 heteroatoms. The van der Waals surface area contributed by atoms with Crippen molar-refractivity contribution in [1.29, 1.82) is 0 Å². The van der Waals surface area contributed by atoms with E-state index in [0.29, 0.717) is 12.6 Å². The normalized spacial score (nSPS) is 22.0. The van der Waals surface area contributed by atoms with E-state index in [0.717, 1.165) is 37.8 Å². The van der Waals surface area contributed by atoms with Crippen LogP contribution in [0.25, 0.3) is 0 Å². The largest absolute Gasteiger partial charge is 0.444 e. The molecule has 0 bridgehead atoms. The van der Waals surface area contributed by atoms with Gasteiger partial charge in [-0.2, -0.15) is 0 Å². The maximum atomic E-state index is 5.61. The van der Waals surface area contributed by atoms with Gasteiger partial charge < -0.3 is 19.8 Å². The third kappa shape index (κ3) is 2.33. The van der Waals surface area contributed by atoms with Crippen LogP contribution in [0, 0.1) is 0 Å².